The molecule has 4 N–H and O–H groups in total. The summed E-state index contributed by atoms with van der Waals surface area (Å²) in [5.41, 5.74) is 5.94. The number of aliphatic hydroxyl groups excluding tert-OH is 1. The van der Waals surface area contributed by atoms with Gasteiger partial charge in [-0.05, 0) is 13.0 Å². The molecule has 0 saturated carbocycles. The van der Waals surface area contributed by atoms with Crippen LogP contribution in [0.5, 0.6) is 5.75 Å². The van der Waals surface area contributed by atoms with E-state index in [1.54, 1.807) is 13.0 Å². The Kier molecular flexibility index (Phi) is 5.12. The number of hydrogen-bond donors (Lipinski definition) is 3. The number of nitrogens with two attached hydrogens (primary N) is 1. The molecule has 0 spiro atoms. The molecule has 1 aromatic carbocycles. The molecule has 1 atom stereocenters. The van der Waals surface area contributed by atoms with Gasteiger partial charge in [0.05, 0.1) is 0 Å². The zero-order valence-corrected chi connectivity index (χ0v) is 9.47. The number of hydrogen-bond acceptors (Lipinski definition) is 3. The average molecular weight is 254 g/mol. The van der Waals surface area contributed by atoms with E-state index >= 15 is 0 Å². The summed E-state index contributed by atoms with van der Waals surface area (Å²) in [5, 5.41) is 17.8. The number of benzene rings is 1. The van der Waals surface area contributed by atoms with Crippen LogP contribution in [-0.4, -0.2) is 22.7 Å². The largest absolute Gasteiger partial charge is 0.508 e. The summed E-state index contributed by atoms with van der Waals surface area (Å²) >= 11 is 0. The van der Waals surface area contributed by atoms with Gasteiger partial charge in [0, 0.05) is 5.56 Å². The van der Waals surface area contributed by atoms with Crippen LogP contribution in [0.3, 0.4) is 0 Å². The molecule has 1 aromatic rings. The zero-order chi connectivity index (χ0) is 11.6. The predicted molar refractivity (Wildman–Crippen MR) is 59.1 cm³/mol. The van der Waals surface area contributed by atoms with Gasteiger partial charge in [-0.3, -0.25) is 0 Å². The smallest absolute Gasteiger partial charge is 0.289 e. The Morgan fingerprint density at radius 2 is 2.00 bits per heavy atom. The van der Waals surface area contributed by atoms with Crippen molar-refractivity contribution in [2.24, 2.45) is 5.73 Å². The highest BCUT2D eigenvalue weighted by atomic mass is 35.5. The summed E-state index contributed by atoms with van der Waals surface area (Å²) < 4.78 is 26.1. The van der Waals surface area contributed by atoms with Crippen LogP contribution in [0.2, 0.25) is 0 Å². The van der Waals surface area contributed by atoms with Crippen molar-refractivity contribution < 1.29 is 19.0 Å². The van der Waals surface area contributed by atoms with Gasteiger partial charge in [-0.1, -0.05) is 17.7 Å². The van der Waals surface area contributed by atoms with Crippen LogP contribution in [0.4, 0.5) is 8.78 Å². The lowest BCUT2D eigenvalue weighted by Gasteiger charge is -2.22. The van der Waals surface area contributed by atoms with Gasteiger partial charge in [0.2, 0.25) is 0 Å². The topological polar surface area (TPSA) is 66.5 Å². The van der Waals surface area contributed by atoms with Crippen molar-refractivity contribution in [2.75, 3.05) is 6.61 Å². The van der Waals surface area contributed by atoms with E-state index in [0.29, 0.717) is 5.56 Å². The minimum absolute atomic E-state index is 0. The quantitative estimate of drug-likeness (QED) is 0.769. The average Bonchev–Trinajstić information content (AvgIpc) is 2.20. The number of halogens is 3. The summed E-state index contributed by atoms with van der Waals surface area (Å²) in [4.78, 5) is 0. The van der Waals surface area contributed by atoms with Crippen LogP contribution in [0.1, 0.15) is 17.2 Å². The van der Waals surface area contributed by atoms with Crippen LogP contribution in [0.15, 0.2) is 18.2 Å². The van der Waals surface area contributed by atoms with Crippen molar-refractivity contribution in [3.8, 4) is 5.75 Å². The third-order valence-corrected chi connectivity index (χ3v) is 2.18. The van der Waals surface area contributed by atoms with Gasteiger partial charge in [0.25, 0.3) is 5.92 Å². The number of aliphatic hydroxyl groups is 1. The monoisotopic (exact) mass is 253 g/mol. The molecule has 0 aliphatic heterocycles. The van der Waals surface area contributed by atoms with Crippen molar-refractivity contribution >= 4 is 12.4 Å². The highest BCUT2D eigenvalue weighted by Crippen LogP contribution is 2.33. The summed E-state index contributed by atoms with van der Waals surface area (Å²) in [6.07, 6.45) is 0. The van der Waals surface area contributed by atoms with Gasteiger partial charge in [0.1, 0.15) is 18.4 Å². The van der Waals surface area contributed by atoms with E-state index in [4.69, 9.17) is 10.8 Å². The number of alkyl halides is 2. The van der Waals surface area contributed by atoms with E-state index in [0.717, 1.165) is 0 Å². The summed E-state index contributed by atoms with van der Waals surface area (Å²) in [6.45, 7) is 0.355. The predicted octanol–water partition coefficient (Wildman–Crippen LogP) is 1.75. The lowest BCUT2D eigenvalue weighted by Crippen LogP contribution is -2.36. The normalized spacial score (nSPS) is 13.1. The lowest BCUT2D eigenvalue weighted by atomic mass is 9.99. The van der Waals surface area contributed by atoms with Crippen LogP contribution in [0, 0.1) is 6.92 Å². The van der Waals surface area contributed by atoms with Gasteiger partial charge in [-0.25, -0.2) is 8.78 Å². The Hall–Kier alpha value is -0.910. The number of phenolic OH excluding ortho intramolecular Hbond substituents is 1. The molecule has 3 nitrogen and oxygen atoms in total. The molecular weight excluding hydrogens is 240 g/mol. The van der Waals surface area contributed by atoms with E-state index in [-0.39, 0.29) is 23.7 Å². The maximum atomic E-state index is 13.1. The molecule has 0 aliphatic rings. The second kappa shape index (κ2) is 5.43. The summed E-state index contributed by atoms with van der Waals surface area (Å²) in [5.74, 6) is -3.73. The highest BCUT2D eigenvalue weighted by Gasteiger charge is 2.38. The summed E-state index contributed by atoms with van der Waals surface area (Å²) in [7, 11) is 0. The highest BCUT2D eigenvalue weighted by molar-refractivity contribution is 5.85. The van der Waals surface area contributed by atoms with E-state index in [9.17, 15) is 13.9 Å². The zero-order valence-electron chi connectivity index (χ0n) is 8.65. The van der Waals surface area contributed by atoms with Crippen molar-refractivity contribution in [3.63, 3.8) is 0 Å². The molecule has 0 saturated heterocycles. The van der Waals surface area contributed by atoms with Crippen molar-refractivity contribution in [3.05, 3.63) is 29.3 Å². The van der Waals surface area contributed by atoms with Gasteiger partial charge < -0.3 is 15.9 Å². The van der Waals surface area contributed by atoms with E-state index in [1.165, 1.54) is 12.1 Å². The minimum Gasteiger partial charge on any atom is -0.508 e. The molecule has 16 heavy (non-hydrogen) atoms. The fraction of sp³-hybridized carbons (Fsp3) is 0.400. The van der Waals surface area contributed by atoms with Gasteiger partial charge in [0.15, 0.2) is 0 Å². The molecule has 92 valence electrons. The fourth-order valence-electron chi connectivity index (χ4n) is 1.25. The van der Waals surface area contributed by atoms with E-state index < -0.39 is 18.6 Å². The molecule has 0 aromatic heterocycles. The van der Waals surface area contributed by atoms with Crippen LogP contribution >= 0.6 is 12.4 Å². The molecular formula is C10H14ClF2NO2. The summed E-state index contributed by atoms with van der Waals surface area (Å²) in [6, 6.07) is 2.56. The molecule has 0 heterocycles. The molecule has 0 fully saturated rings. The van der Waals surface area contributed by atoms with E-state index in [2.05, 4.69) is 0 Å². The second-order valence-corrected chi connectivity index (χ2v) is 3.46. The maximum absolute atomic E-state index is 13.1. The standard InChI is InChI=1S/C10H13F2NO2.ClH/c1-6-2-3-8(15)7(4-6)9(13)10(11,12)5-14;/h2-4,9,14-15H,5,13H2,1H3;1H/t9-;/m0./s1. The molecule has 1 rings (SSSR count). The third kappa shape index (κ3) is 3.04. The van der Waals surface area contributed by atoms with Crippen LogP contribution in [-0.2, 0) is 0 Å². The van der Waals surface area contributed by atoms with Gasteiger partial charge in [-0.2, -0.15) is 0 Å². The fourth-order valence-corrected chi connectivity index (χ4v) is 1.25. The number of aromatic hydroxyl groups is 1. The SMILES string of the molecule is Cc1ccc(O)c([C@H](N)C(F)(F)CO)c1.Cl. The van der Waals surface area contributed by atoms with Crippen molar-refractivity contribution in [1.29, 1.82) is 0 Å². The van der Waals surface area contributed by atoms with E-state index in [1.807, 2.05) is 0 Å². The van der Waals surface area contributed by atoms with Gasteiger partial charge in [-0.15, -0.1) is 12.4 Å². The minimum atomic E-state index is -3.44. The number of aryl methyl sites for hydroxylation is 1. The van der Waals surface area contributed by atoms with Crippen molar-refractivity contribution in [2.45, 2.75) is 18.9 Å². The van der Waals surface area contributed by atoms with Gasteiger partial charge >= 0.3 is 0 Å². The second-order valence-electron chi connectivity index (χ2n) is 3.46. The Balaban J connectivity index is 0.00000225. The van der Waals surface area contributed by atoms with Crippen LogP contribution < -0.4 is 5.73 Å². The molecule has 0 unspecified atom stereocenters. The first-order valence-corrected chi connectivity index (χ1v) is 4.42. The Bertz CT molecular complexity index is 361. The first kappa shape index (κ1) is 15.1. The molecule has 6 heteroatoms. The third-order valence-electron chi connectivity index (χ3n) is 2.18. The maximum Gasteiger partial charge on any atom is 0.289 e. The van der Waals surface area contributed by atoms with Crippen LogP contribution in [0.25, 0.3) is 0 Å². The number of phenols is 1. The Labute approximate surface area is 98.3 Å². The lowest BCUT2D eigenvalue weighted by molar-refractivity contribution is -0.0715. The number of rotatable bonds is 3. The molecule has 0 radical (unpaired) electrons. The Morgan fingerprint density at radius 3 is 2.50 bits per heavy atom. The van der Waals surface area contributed by atoms with Crippen molar-refractivity contribution in [1.82, 2.24) is 0 Å². The molecule has 0 aliphatic carbocycles. The first-order valence-electron chi connectivity index (χ1n) is 4.42. The molecule has 0 bridgehead atoms. The first-order chi connectivity index (χ1) is 6.88. The Morgan fingerprint density at radius 1 is 1.44 bits per heavy atom. The molecule has 0 amide bonds.